The number of nitrogens with zero attached hydrogens (tertiary/aromatic N) is 4. The Bertz CT molecular complexity index is 733. The molecule has 0 bridgehead atoms. The molecule has 0 radical (unpaired) electrons. The summed E-state index contributed by atoms with van der Waals surface area (Å²) in [4.78, 5) is 3.83. The van der Waals surface area contributed by atoms with Crippen molar-refractivity contribution in [2.75, 3.05) is 0 Å². The van der Waals surface area contributed by atoms with Gasteiger partial charge < -0.3 is 0 Å². The lowest BCUT2D eigenvalue weighted by atomic mass is 10.2. The Morgan fingerprint density at radius 1 is 0.952 bits per heavy atom. The summed E-state index contributed by atoms with van der Waals surface area (Å²) in [5.74, 6) is 0.384. The monoisotopic (exact) mass is 290 g/mol. The lowest BCUT2D eigenvalue weighted by molar-refractivity contribution is -0.137. The summed E-state index contributed by atoms with van der Waals surface area (Å²) >= 11 is 0. The molecule has 0 amide bonds. The second-order valence-electron chi connectivity index (χ2n) is 4.29. The van der Waals surface area contributed by atoms with Crippen LogP contribution in [-0.2, 0) is 6.18 Å². The maximum atomic E-state index is 12.5. The van der Waals surface area contributed by atoms with Gasteiger partial charge in [-0.3, -0.25) is 9.55 Å². The van der Waals surface area contributed by atoms with Crippen LogP contribution in [0, 0.1) is 0 Å². The highest BCUT2D eigenvalue weighted by Gasteiger charge is 2.30. The van der Waals surface area contributed by atoms with Gasteiger partial charge in [-0.1, -0.05) is 18.2 Å². The first kappa shape index (κ1) is 13.3. The Labute approximate surface area is 117 Å². The fraction of sp³-hybridized carbons (Fsp3) is 0.0714. The van der Waals surface area contributed by atoms with E-state index in [1.54, 1.807) is 4.57 Å². The van der Waals surface area contributed by atoms with Crippen LogP contribution in [0.25, 0.3) is 17.2 Å². The summed E-state index contributed by atoms with van der Waals surface area (Å²) in [5, 5.41) is 7.72. The van der Waals surface area contributed by atoms with Crippen LogP contribution in [0.2, 0.25) is 0 Å². The van der Waals surface area contributed by atoms with Crippen LogP contribution in [-0.4, -0.2) is 19.7 Å². The number of halogens is 3. The second kappa shape index (κ2) is 5.01. The lowest BCUT2D eigenvalue weighted by Gasteiger charge is -2.08. The predicted molar refractivity (Wildman–Crippen MR) is 69.6 cm³/mol. The number of hydrogen-bond donors (Lipinski definition) is 0. The van der Waals surface area contributed by atoms with Gasteiger partial charge in [0.2, 0.25) is 0 Å². The normalized spacial score (nSPS) is 11.6. The van der Waals surface area contributed by atoms with E-state index in [9.17, 15) is 13.2 Å². The molecule has 0 aliphatic carbocycles. The van der Waals surface area contributed by atoms with E-state index in [1.807, 2.05) is 30.3 Å². The van der Waals surface area contributed by atoms with Gasteiger partial charge in [0.1, 0.15) is 12.0 Å². The molecule has 0 atom stereocenters. The van der Waals surface area contributed by atoms with Crippen molar-refractivity contribution in [3.05, 3.63) is 60.6 Å². The van der Waals surface area contributed by atoms with Crippen LogP contribution >= 0.6 is 0 Å². The number of rotatable bonds is 2. The minimum atomic E-state index is -4.40. The average Bonchev–Trinajstić information content (AvgIpc) is 2.97. The molecule has 0 saturated carbocycles. The molecule has 2 aromatic heterocycles. The Balaban J connectivity index is 2.01. The molecule has 106 valence electrons. The third-order valence-electron chi connectivity index (χ3n) is 2.90. The molecule has 0 fully saturated rings. The lowest BCUT2D eigenvalue weighted by Crippen LogP contribution is -2.06. The summed E-state index contributed by atoms with van der Waals surface area (Å²) in [5.41, 5.74) is 0.334. The molecule has 21 heavy (non-hydrogen) atoms. The zero-order valence-corrected chi connectivity index (χ0v) is 10.6. The van der Waals surface area contributed by atoms with Crippen molar-refractivity contribution >= 4 is 0 Å². The summed E-state index contributed by atoms with van der Waals surface area (Å²) in [6.07, 6.45) is -2.12. The van der Waals surface area contributed by atoms with E-state index >= 15 is 0 Å². The average molecular weight is 290 g/mol. The SMILES string of the molecule is FC(F)(F)c1ccc(-c2nncn2-c2ccccc2)nc1. The first-order valence-electron chi connectivity index (χ1n) is 6.05. The van der Waals surface area contributed by atoms with Crippen LogP contribution in [0.1, 0.15) is 5.56 Å². The van der Waals surface area contributed by atoms with Gasteiger partial charge in [-0.15, -0.1) is 10.2 Å². The van der Waals surface area contributed by atoms with E-state index in [1.165, 1.54) is 12.4 Å². The summed E-state index contributed by atoms with van der Waals surface area (Å²) < 4.78 is 39.3. The molecular formula is C14H9F3N4. The van der Waals surface area contributed by atoms with E-state index in [-0.39, 0.29) is 0 Å². The van der Waals surface area contributed by atoms with Crippen LogP contribution in [0.5, 0.6) is 0 Å². The molecule has 1 aromatic carbocycles. The molecule has 0 unspecified atom stereocenters. The van der Waals surface area contributed by atoms with Gasteiger partial charge in [-0.05, 0) is 24.3 Å². The van der Waals surface area contributed by atoms with Crippen LogP contribution in [0.4, 0.5) is 13.2 Å². The first-order chi connectivity index (χ1) is 10.1. The van der Waals surface area contributed by atoms with Gasteiger partial charge >= 0.3 is 6.18 Å². The van der Waals surface area contributed by atoms with Crippen molar-refractivity contribution in [3.8, 4) is 17.2 Å². The molecule has 0 spiro atoms. The molecule has 3 rings (SSSR count). The number of hydrogen-bond acceptors (Lipinski definition) is 3. The standard InChI is InChI=1S/C14H9F3N4/c15-14(16,17)10-6-7-12(18-8-10)13-20-19-9-21(13)11-4-2-1-3-5-11/h1-9H. The smallest absolute Gasteiger partial charge is 0.280 e. The quantitative estimate of drug-likeness (QED) is 0.727. The Hall–Kier alpha value is -2.70. The van der Waals surface area contributed by atoms with Crippen molar-refractivity contribution in [2.45, 2.75) is 6.18 Å². The molecule has 0 N–H and O–H groups in total. The molecule has 0 saturated heterocycles. The topological polar surface area (TPSA) is 43.6 Å². The minimum absolute atomic E-state index is 0.323. The zero-order chi connectivity index (χ0) is 14.9. The van der Waals surface area contributed by atoms with Gasteiger partial charge in [0.25, 0.3) is 0 Å². The largest absolute Gasteiger partial charge is 0.417 e. The molecular weight excluding hydrogens is 281 g/mol. The van der Waals surface area contributed by atoms with Crippen molar-refractivity contribution in [2.24, 2.45) is 0 Å². The van der Waals surface area contributed by atoms with Crippen molar-refractivity contribution in [3.63, 3.8) is 0 Å². The summed E-state index contributed by atoms with van der Waals surface area (Å²) in [6.45, 7) is 0. The van der Waals surface area contributed by atoms with Crippen LogP contribution < -0.4 is 0 Å². The number of benzene rings is 1. The van der Waals surface area contributed by atoms with E-state index in [2.05, 4.69) is 15.2 Å². The molecule has 4 nitrogen and oxygen atoms in total. The van der Waals surface area contributed by atoms with Gasteiger partial charge in [0, 0.05) is 11.9 Å². The van der Waals surface area contributed by atoms with Crippen molar-refractivity contribution in [1.29, 1.82) is 0 Å². The molecule has 0 aliphatic rings. The van der Waals surface area contributed by atoms with E-state index in [0.717, 1.165) is 18.0 Å². The highest BCUT2D eigenvalue weighted by Crippen LogP contribution is 2.29. The van der Waals surface area contributed by atoms with E-state index in [0.29, 0.717) is 11.5 Å². The van der Waals surface area contributed by atoms with Crippen LogP contribution in [0.15, 0.2) is 55.0 Å². The van der Waals surface area contributed by atoms with Gasteiger partial charge in [-0.25, -0.2) is 0 Å². The first-order valence-corrected chi connectivity index (χ1v) is 6.05. The third kappa shape index (κ3) is 2.62. The van der Waals surface area contributed by atoms with Gasteiger partial charge in [0.05, 0.1) is 5.56 Å². The highest BCUT2D eigenvalue weighted by molar-refractivity contribution is 5.53. The Morgan fingerprint density at radius 3 is 2.33 bits per heavy atom. The maximum absolute atomic E-state index is 12.5. The molecule has 0 aliphatic heterocycles. The fourth-order valence-electron chi connectivity index (χ4n) is 1.88. The van der Waals surface area contributed by atoms with E-state index < -0.39 is 11.7 Å². The highest BCUT2D eigenvalue weighted by atomic mass is 19.4. The zero-order valence-electron chi connectivity index (χ0n) is 10.6. The van der Waals surface area contributed by atoms with Gasteiger partial charge in [-0.2, -0.15) is 13.2 Å². The molecule has 3 aromatic rings. The Morgan fingerprint density at radius 2 is 1.71 bits per heavy atom. The Kier molecular flexibility index (Phi) is 3.17. The summed E-state index contributed by atoms with van der Waals surface area (Å²) in [6, 6.07) is 11.5. The maximum Gasteiger partial charge on any atom is 0.417 e. The van der Waals surface area contributed by atoms with Crippen molar-refractivity contribution in [1.82, 2.24) is 19.7 Å². The number of alkyl halides is 3. The molecule has 2 heterocycles. The van der Waals surface area contributed by atoms with Crippen LogP contribution in [0.3, 0.4) is 0 Å². The predicted octanol–water partition coefficient (Wildman–Crippen LogP) is 3.35. The number of para-hydroxylation sites is 1. The van der Waals surface area contributed by atoms with Crippen molar-refractivity contribution < 1.29 is 13.2 Å². The second-order valence-corrected chi connectivity index (χ2v) is 4.29. The summed E-state index contributed by atoms with van der Waals surface area (Å²) in [7, 11) is 0. The van der Waals surface area contributed by atoms with Gasteiger partial charge in [0.15, 0.2) is 5.82 Å². The number of aromatic nitrogens is 4. The number of pyridine rings is 1. The minimum Gasteiger partial charge on any atom is -0.280 e. The van der Waals surface area contributed by atoms with E-state index in [4.69, 9.17) is 0 Å². The molecule has 7 heteroatoms. The fourth-order valence-corrected chi connectivity index (χ4v) is 1.88. The third-order valence-corrected chi connectivity index (χ3v) is 2.90.